The number of hydrogen-bond acceptors (Lipinski definition) is 15. The lowest BCUT2D eigenvalue weighted by Crippen LogP contribution is -2.30. The predicted molar refractivity (Wildman–Crippen MR) is 363 cm³/mol. The summed E-state index contributed by atoms with van der Waals surface area (Å²) in [4.78, 5) is 72.6. The molecule has 3 N–H and O–H groups in total. The van der Waals surface area contributed by atoms with Gasteiger partial charge in [-0.3, -0.25) is 37.3 Å². The number of hydrogen-bond donors (Lipinski definition) is 3. The molecule has 0 fully saturated rings. The number of carbonyl (C=O) groups excluding carboxylic acids is 4. The van der Waals surface area contributed by atoms with E-state index in [-0.39, 0.29) is 25.7 Å². The molecule has 17 nitrogen and oxygen atoms in total. The van der Waals surface area contributed by atoms with Gasteiger partial charge in [-0.15, -0.1) is 0 Å². The van der Waals surface area contributed by atoms with Gasteiger partial charge in [0.2, 0.25) is 0 Å². The minimum absolute atomic E-state index is 0.105. The van der Waals surface area contributed by atoms with Crippen LogP contribution in [0.4, 0.5) is 0 Å². The van der Waals surface area contributed by atoms with Crippen LogP contribution in [0.25, 0.3) is 0 Å². The first-order valence-electron chi connectivity index (χ1n) is 36.8. The van der Waals surface area contributed by atoms with E-state index in [0.717, 1.165) is 114 Å². The lowest BCUT2D eigenvalue weighted by Gasteiger charge is -2.21. The first kappa shape index (κ1) is 88.1. The second kappa shape index (κ2) is 60.7. The molecule has 0 amide bonds. The Kier molecular flexibility index (Phi) is 59.4. The minimum Gasteiger partial charge on any atom is -0.462 e. The molecule has 0 aromatic carbocycles. The van der Waals surface area contributed by atoms with E-state index >= 15 is 0 Å². The predicted octanol–water partition coefficient (Wildman–Crippen LogP) is 20.1. The first-order valence-corrected chi connectivity index (χ1v) is 39.8. The molecule has 534 valence electrons. The molecule has 0 spiro atoms. The molecule has 0 saturated carbocycles. The van der Waals surface area contributed by atoms with E-state index in [4.69, 9.17) is 37.0 Å². The average molecular weight is 1330 g/mol. The molecule has 0 aliphatic heterocycles. The maximum Gasteiger partial charge on any atom is 0.472 e. The highest BCUT2D eigenvalue weighted by Gasteiger charge is 2.30. The molecular weight excluding hydrogens is 1190 g/mol. The Morgan fingerprint density at radius 3 is 0.789 bits per heavy atom. The number of phosphoric acid groups is 2. The van der Waals surface area contributed by atoms with Crippen molar-refractivity contribution in [2.24, 2.45) is 23.7 Å². The largest absolute Gasteiger partial charge is 0.472 e. The lowest BCUT2D eigenvalue weighted by atomic mass is 9.99. The summed E-state index contributed by atoms with van der Waals surface area (Å²) in [5.41, 5.74) is 0. The molecule has 0 bridgehead atoms. The van der Waals surface area contributed by atoms with Gasteiger partial charge < -0.3 is 33.8 Å². The van der Waals surface area contributed by atoms with E-state index in [9.17, 15) is 43.2 Å². The van der Waals surface area contributed by atoms with Crippen molar-refractivity contribution >= 4 is 39.5 Å². The Labute approximate surface area is 549 Å². The monoisotopic (exact) mass is 1320 g/mol. The van der Waals surface area contributed by atoms with Gasteiger partial charge in [-0.05, 0) is 49.4 Å². The molecule has 19 heteroatoms. The van der Waals surface area contributed by atoms with Crippen LogP contribution in [-0.2, 0) is 65.4 Å². The van der Waals surface area contributed by atoms with E-state index < -0.39 is 97.5 Å². The minimum atomic E-state index is -4.95. The molecule has 0 saturated heterocycles. The van der Waals surface area contributed by atoms with Gasteiger partial charge in [-0.2, -0.15) is 0 Å². The molecule has 0 aliphatic rings. The summed E-state index contributed by atoms with van der Waals surface area (Å²) in [5.74, 6) is 0.931. The third-order valence-corrected chi connectivity index (χ3v) is 18.9. The van der Waals surface area contributed by atoms with Crippen LogP contribution in [0.5, 0.6) is 0 Å². The second-order valence-electron chi connectivity index (χ2n) is 27.1. The van der Waals surface area contributed by atoms with Crippen LogP contribution < -0.4 is 0 Å². The summed E-state index contributed by atoms with van der Waals surface area (Å²) in [7, 11) is -9.91. The molecular formula is C71H138O17P2. The number of phosphoric ester groups is 2. The fourth-order valence-corrected chi connectivity index (χ4v) is 12.2. The summed E-state index contributed by atoms with van der Waals surface area (Å²) in [5, 5.41) is 10.6. The third-order valence-electron chi connectivity index (χ3n) is 17.0. The van der Waals surface area contributed by atoms with E-state index in [0.29, 0.717) is 25.7 Å². The molecule has 0 radical (unpaired) electrons. The molecule has 0 rings (SSSR count). The molecule has 5 unspecified atom stereocenters. The van der Waals surface area contributed by atoms with Crippen molar-refractivity contribution in [1.29, 1.82) is 0 Å². The summed E-state index contributed by atoms with van der Waals surface area (Å²) in [6, 6.07) is 0. The Balaban J connectivity index is 5.28. The van der Waals surface area contributed by atoms with E-state index in [2.05, 4.69) is 55.4 Å². The number of rotatable bonds is 68. The zero-order valence-electron chi connectivity index (χ0n) is 58.8. The Morgan fingerprint density at radius 2 is 0.533 bits per heavy atom. The van der Waals surface area contributed by atoms with Crippen molar-refractivity contribution in [2.75, 3.05) is 39.6 Å². The number of aliphatic hydroxyl groups excluding tert-OH is 1. The lowest BCUT2D eigenvalue weighted by molar-refractivity contribution is -0.161. The second-order valence-corrected chi connectivity index (χ2v) is 30.0. The van der Waals surface area contributed by atoms with Gasteiger partial charge in [0.1, 0.15) is 19.3 Å². The van der Waals surface area contributed by atoms with E-state index in [1.54, 1.807) is 0 Å². The highest BCUT2D eigenvalue weighted by Crippen LogP contribution is 2.45. The highest BCUT2D eigenvalue weighted by atomic mass is 31.2. The van der Waals surface area contributed by atoms with Crippen molar-refractivity contribution in [2.45, 2.75) is 369 Å². The van der Waals surface area contributed by atoms with Gasteiger partial charge >= 0.3 is 39.5 Å². The number of unbranched alkanes of at least 4 members (excludes halogenated alkanes) is 32. The zero-order chi connectivity index (χ0) is 66.8. The van der Waals surface area contributed by atoms with Crippen LogP contribution in [0.1, 0.15) is 351 Å². The molecule has 90 heavy (non-hydrogen) atoms. The quantitative estimate of drug-likeness (QED) is 0.0222. The van der Waals surface area contributed by atoms with E-state index in [1.165, 1.54) is 154 Å². The molecule has 0 aromatic rings. The average Bonchev–Trinajstić information content (AvgIpc) is 2.71. The molecule has 7 atom stereocenters. The van der Waals surface area contributed by atoms with Crippen LogP contribution in [-0.4, -0.2) is 96.7 Å². The van der Waals surface area contributed by atoms with Crippen LogP contribution >= 0.6 is 15.6 Å². The Bertz CT molecular complexity index is 1790. The maximum absolute atomic E-state index is 13.0. The van der Waals surface area contributed by atoms with Crippen molar-refractivity contribution in [1.82, 2.24) is 0 Å². The first-order chi connectivity index (χ1) is 43.2. The molecule has 0 aliphatic carbocycles. The Morgan fingerprint density at radius 1 is 0.311 bits per heavy atom. The maximum atomic E-state index is 13.0. The van der Waals surface area contributed by atoms with Crippen LogP contribution in [0, 0.1) is 23.7 Å². The smallest absolute Gasteiger partial charge is 0.462 e. The third kappa shape index (κ3) is 62.2. The van der Waals surface area contributed by atoms with Crippen LogP contribution in [0.15, 0.2) is 0 Å². The SMILES string of the molecule is CCC(C)CCCCCCCCCCCCC(=O)O[C@H](COC(=O)CCCCCCCCCCC(C)CC)COP(=O)(O)OCC(O)COP(=O)(O)OC[C@@H](COC(=O)CCCCCCCCCCC(C)C)OC(=O)CCCCCCCCCCCCC(C)C. The van der Waals surface area contributed by atoms with Gasteiger partial charge in [0.05, 0.1) is 26.4 Å². The summed E-state index contributed by atoms with van der Waals surface area (Å²) < 4.78 is 68.3. The fourth-order valence-electron chi connectivity index (χ4n) is 10.6. The highest BCUT2D eigenvalue weighted by molar-refractivity contribution is 7.47. The molecule has 0 aromatic heterocycles. The molecule has 0 heterocycles. The van der Waals surface area contributed by atoms with Gasteiger partial charge in [-0.1, -0.05) is 299 Å². The standard InChI is InChI=1S/C71H138O17P2/c1-9-63(7)49-41-33-25-16-12-14-18-30-38-46-54-71(76)88-67(58-82-69(74)52-44-36-28-22-20-26-34-42-50-64(8)10-2)60-86-90(79,80)84-56-65(72)55-83-89(77,78)85-59-66(57-81-68(73)51-43-35-27-21-19-24-32-40-48-62(5)6)87-70(75)53-45-37-29-17-13-11-15-23-31-39-47-61(3)4/h61-67,72H,9-60H2,1-8H3,(H,77,78)(H,79,80)/t63?,64?,65?,66-,67-/m1/s1. The Hall–Kier alpha value is -1.94. The van der Waals surface area contributed by atoms with Crippen molar-refractivity contribution < 1.29 is 80.2 Å². The van der Waals surface area contributed by atoms with Crippen molar-refractivity contribution in [3.63, 3.8) is 0 Å². The summed E-state index contributed by atoms with van der Waals surface area (Å²) in [6.07, 6.45) is 42.9. The number of aliphatic hydroxyl groups is 1. The topological polar surface area (TPSA) is 237 Å². The number of esters is 4. The zero-order valence-corrected chi connectivity index (χ0v) is 60.6. The normalized spacial score (nSPS) is 14.9. The van der Waals surface area contributed by atoms with Gasteiger partial charge in [0.15, 0.2) is 12.2 Å². The van der Waals surface area contributed by atoms with Gasteiger partial charge in [-0.25, -0.2) is 9.13 Å². The van der Waals surface area contributed by atoms with Gasteiger partial charge in [0, 0.05) is 25.7 Å². The van der Waals surface area contributed by atoms with E-state index in [1.807, 2.05) is 0 Å². The number of carbonyl (C=O) groups is 4. The van der Waals surface area contributed by atoms with Crippen molar-refractivity contribution in [3.8, 4) is 0 Å². The fraction of sp³-hybridized carbons (Fsp3) is 0.944. The van der Waals surface area contributed by atoms with Crippen LogP contribution in [0.3, 0.4) is 0 Å². The summed E-state index contributed by atoms with van der Waals surface area (Å²) in [6.45, 7) is 14.1. The van der Waals surface area contributed by atoms with Crippen LogP contribution in [0.2, 0.25) is 0 Å². The van der Waals surface area contributed by atoms with Gasteiger partial charge in [0.25, 0.3) is 0 Å². The number of ether oxygens (including phenoxy) is 4. The van der Waals surface area contributed by atoms with Crippen molar-refractivity contribution in [3.05, 3.63) is 0 Å². The summed E-state index contributed by atoms with van der Waals surface area (Å²) >= 11 is 0.